The quantitative estimate of drug-likeness (QED) is 0.796. The summed E-state index contributed by atoms with van der Waals surface area (Å²) in [6.07, 6.45) is 2.21. The van der Waals surface area contributed by atoms with E-state index in [1.54, 1.807) is 0 Å². The van der Waals surface area contributed by atoms with Gasteiger partial charge in [-0.2, -0.15) is 0 Å². The number of rotatable bonds is 3. The number of ether oxygens (including phenoxy) is 1. The summed E-state index contributed by atoms with van der Waals surface area (Å²) in [7, 11) is 1.90. The van der Waals surface area contributed by atoms with Crippen molar-refractivity contribution in [3.8, 4) is 0 Å². The molecule has 0 saturated carbocycles. The average Bonchev–Trinajstić information content (AvgIpc) is 2.76. The molecule has 1 atom stereocenters. The Labute approximate surface area is 83.7 Å². The molecule has 2 heterocycles. The third-order valence-corrected chi connectivity index (χ3v) is 2.45. The van der Waals surface area contributed by atoms with E-state index in [0.29, 0.717) is 0 Å². The normalized spacial score (nSPS) is 21.7. The van der Waals surface area contributed by atoms with Crippen molar-refractivity contribution in [2.75, 3.05) is 13.7 Å². The maximum absolute atomic E-state index is 5.64. The smallest absolute Gasteiger partial charge is 0.223 e. The third kappa shape index (κ3) is 1.81. The second-order valence-electron chi connectivity index (χ2n) is 3.59. The lowest BCUT2D eigenvalue weighted by Gasteiger charge is -2.02. The van der Waals surface area contributed by atoms with E-state index in [1.807, 2.05) is 14.0 Å². The van der Waals surface area contributed by atoms with Crippen LogP contribution in [0.15, 0.2) is 4.42 Å². The molecule has 1 aromatic heterocycles. The van der Waals surface area contributed by atoms with Gasteiger partial charge < -0.3 is 14.5 Å². The van der Waals surface area contributed by atoms with Crippen molar-refractivity contribution in [3.63, 3.8) is 0 Å². The van der Waals surface area contributed by atoms with E-state index in [-0.39, 0.29) is 6.10 Å². The van der Waals surface area contributed by atoms with Crippen LogP contribution in [0.3, 0.4) is 0 Å². The van der Waals surface area contributed by atoms with Crippen molar-refractivity contribution in [1.29, 1.82) is 0 Å². The van der Waals surface area contributed by atoms with Gasteiger partial charge in [-0.05, 0) is 26.8 Å². The zero-order chi connectivity index (χ0) is 9.97. The first-order chi connectivity index (χ1) is 6.81. The second kappa shape index (κ2) is 4.11. The number of nitrogens with zero attached hydrogens (tertiary/aromatic N) is 1. The highest BCUT2D eigenvalue weighted by atomic mass is 16.5. The molecule has 0 aliphatic carbocycles. The van der Waals surface area contributed by atoms with Crippen molar-refractivity contribution in [3.05, 3.63) is 17.3 Å². The van der Waals surface area contributed by atoms with Crippen molar-refractivity contribution in [2.24, 2.45) is 0 Å². The Hall–Kier alpha value is -0.870. The van der Waals surface area contributed by atoms with E-state index in [1.165, 1.54) is 0 Å². The molecule has 14 heavy (non-hydrogen) atoms. The Bertz CT molecular complexity index is 303. The van der Waals surface area contributed by atoms with Gasteiger partial charge in [0, 0.05) is 6.61 Å². The lowest BCUT2D eigenvalue weighted by molar-refractivity contribution is 0.0880. The molecule has 0 amide bonds. The monoisotopic (exact) mass is 196 g/mol. The highest BCUT2D eigenvalue weighted by Crippen LogP contribution is 2.28. The fourth-order valence-corrected chi connectivity index (χ4v) is 1.69. The molecule has 0 aromatic carbocycles. The molecule has 0 radical (unpaired) electrons. The lowest BCUT2D eigenvalue weighted by Crippen LogP contribution is -2.04. The van der Waals surface area contributed by atoms with Crippen LogP contribution in [0.4, 0.5) is 0 Å². The predicted octanol–water partition coefficient (Wildman–Crippen LogP) is 1.55. The van der Waals surface area contributed by atoms with Gasteiger partial charge in [-0.3, -0.25) is 0 Å². The van der Waals surface area contributed by atoms with Gasteiger partial charge in [0.2, 0.25) is 5.89 Å². The Morgan fingerprint density at radius 1 is 1.57 bits per heavy atom. The molecule has 1 aromatic rings. The summed E-state index contributed by atoms with van der Waals surface area (Å²) in [6.45, 7) is 3.52. The molecule has 2 rings (SSSR count). The molecular weight excluding hydrogens is 180 g/mol. The van der Waals surface area contributed by atoms with Crippen LogP contribution in [0, 0.1) is 6.92 Å². The summed E-state index contributed by atoms with van der Waals surface area (Å²) in [6, 6.07) is 0. The number of hydrogen-bond donors (Lipinski definition) is 1. The van der Waals surface area contributed by atoms with Crippen molar-refractivity contribution in [1.82, 2.24) is 10.3 Å². The number of hydrogen-bond acceptors (Lipinski definition) is 4. The largest absolute Gasteiger partial charge is 0.441 e. The fraction of sp³-hybridized carbons (Fsp3) is 0.700. The zero-order valence-electron chi connectivity index (χ0n) is 8.67. The van der Waals surface area contributed by atoms with E-state index < -0.39 is 0 Å². The van der Waals surface area contributed by atoms with E-state index in [2.05, 4.69) is 10.3 Å². The minimum absolute atomic E-state index is 0.0827. The Morgan fingerprint density at radius 2 is 2.43 bits per heavy atom. The predicted molar refractivity (Wildman–Crippen MR) is 51.9 cm³/mol. The van der Waals surface area contributed by atoms with E-state index in [0.717, 1.165) is 43.3 Å². The third-order valence-electron chi connectivity index (χ3n) is 2.45. The summed E-state index contributed by atoms with van der Waals surface area (Å²) in [5, 5.41) is 3.05. The molecule has 4 nitrogen and oxygen atoms in total. The van der Waals surface area contributed by atoms with E-state index in [4.69, 9.17) is 9.15 Å². The molecule has 4 heteroatoms. The molecule has 1 aliphatic rings. The SMILES string of the molecule is CNCc1oc(C2CCCO2)nc1C. The van der Waals surface area contributed by atoms with Crippen LogP contribution in [-0.2, 0) is 11.3 Å². The number of aromatic nitrogens is 1. The first-order valence-corrected chi connectivity index (χ1v) is 5.03. The van der Waals surface area contributed by atoms with Crippen LogP contribution in [0.25, 0.3) is 0 Å². The van der Waals surface area contributed by atoms with Gasteiger partial charge in [0.15, 0.2) is 0 Å². The summed E-state index contributed by atoms with van der Waals surface area (Å²) in [4.78, 5) is 4.38. The van der Waals surface area contributed by atoms with Gasteiger partial charge in [-0.1, -0.05) is 0 Å². The zero-order valence-corrected chi connectivity index (χ0v) is 8.67. The van der Waals surface area contributed by atoms with Crippen molar-refractivity contribution in [2.45, 2.75) is 32.4 Å². The topological polar surface area (TPSA) is 47.3 Å². The number of aryl methyl sites for hydroxylation is 1. The van der Waals surface area contributed by atoms with Crippen molar-refractivity contribution >= 4 is 0 Å². The van der Waals surface area contributed by atoms with Gasteiger partial charge in [-0.15, -0.1) is 0 Å². The first-order valence-electron chi connectivity index (χ1n) is 5.03. The maximum atomic E-state index is 5.64. The molecule has 0 spiro atoms. The van der Waals surface area contributed by atoms with E-state index in [9.17, 15) is 0 Å². The standard InChI is InChI=1S/C10H16N2O2/c1-7-9(6-11-2)14-10(12-7)8-4-3-5-13-8/h8,11H,3-6H2,1-2H3. The Balaban J connectivity index is 2.14. The molecule has 0 bridgehead atoms. The van der Waals surface area contributed by atoms with Gasteiger partial charge in [0.25, 0.3) is 0 Å². The molecule has 1 aliphatic heterocycles. The van der Waals surface area contributed by atoms with Crippen molar-refractivity contribution < 1.29 is 9.15 Å². The molecular formula is C10H16N2O2. The van der Waals surface area contributed by atoms with Crippen LogP contribution in [0.1, 0.15) is 36.3 Å². The average molecular weight is 196 g/mol. The van der Waals surface area contributed by atoms with E-state index >= 15 is 0 Å². The Kier molecular flexibility index (Phi) is 2.84. The minimum Gasteiger partial charge on any atom is -0.441 e. The van der Waals surface area contributed by atoms with Gasteiger partial charge in [0.05, 0.1) is 12.2 Å². The highest BCUT2D eigenvalue weighted by Gasteiger charge is 2.23. The van der Waals surface area contributed by atoms with Crippen LogP contribution < -0.4 is 5.32 Å². The van der Waals surface area contributed by atoms with Crippen LogP contribution in [-0.4, -0.2) is 18.6 Å². The first kappa shape index (κ1) is 9.68. The molecule has 1 unspecified atom stereocenters. The van der Waals surface area contributed by atoms with Crippen LogP contribution in [0.5, 0.6) is 0 Å². The van der Waals surface area contributed by atoms with Crippen LogP contribution in [0.2, 0.25) is 0 Å². The summed E-state index contributed by atoms with van der Waals surface area (Å²) in [5.41, 5.74) is 0.963. The Morgan fingerprint density at radius 3 is 3.07 bits per heavy atom. The summed E-state index contributed by atoms with van der Waals surface area (Å²) < 4.78 is 11.1. The summed E-state index contributed by atoms with van der Waals surface area (Å²) >= 11 is 0. The fourth-order valence-electron chi connectivity index (χ4n) is 1.69. The lowest BCUT2D eigenvalue weighted by atomic mass is 10.2. The number of nitrogens with one attached hydrogen (secondary N) is 1. The van der Waals surface area contributed by atoms with Crippen LogP contribution >= 0.6 is 0 Å². The maximum Gasteiger partial charge on any atom is 0.223 e. The highest BCUT2D eigenvalue weighted by molar-refractivity contribution is 5.09. The second-order valence-corrected chi connectivity index (χ2v) is 3.59. The van der Waals surface area contributed by atoms with Gasteiger partial charge >= 0.3 is 0 Å². The number of oxazole rings is 1. The molecule has 1 fully saturated rings. The molecule has 1 saturated heterocycles. The molecule has 78 valence electrons. The summed E-state index contributed by atoms with van der Waals surface area (Å²) in [5.74, 6) is 1.66. The van der Waals surface area contributed by atoms with Gasteiger partial charge in [0.1, 0.15) is 11.9 Å². The molecule has 1 N–H and O–H groups in total. The minimum atomic E-state index is 0.0827. The van der Waals surface area contributed by atoms with Gasteiger partial charge in [-0.25, -0.2) is 4.98 Å².